The van der Waals surface area contributed by atoms with E-state index in [-0.39, 0.29) is 24.3 Å². The van der Waals surface area contributed by atoms with Gasteiger partial charge in [-0.25, -0.2) is 0 Å². The van der Waals surface area contributed by atoms with Gasteiger partial charge in [0.05, 0.1) is 5.92 Å². The minimum atomic E-state index is -0.818. The molecule has 0 aromatic heterocycles. The molecule has 5 nitrogen and oxygen atoms in total. The Kier molecular flexibility index (Phi) is 6.12. The first-order valence-electron chi connectivity index (χ1n) is 6.74. The molecule has 0 aromatic rings. The fourth-order valence-corrected chi connectivity index (χ4v) is 2.50. The molecule has 1 amide bonds. The van der Waals surface area contributed by atoms with Crippen molar-refractivity contribution in [2.45, 2.75) is 51.0 Å². The molecule has 1 saturated carbocycles. The molecule has 0 aliphatic heterocycles. The van der Waals surface area contributed by atoms with Gasteiger partial charge in [0, 0.05) is 26.1 Å². The number of carboxylic acids is 1. The van der Waals surface area contributed by atoms with Crippen molar-refractivity contribution < 1.29 is 14.7 Å². The summed E-state index contributed by atoms with van der Waals surface area (Å²) in [5.74, 6) is -0.820. The molecule has 0 radical (unpaired) electrons. The predicted molar refractivity (Wildman–Crippen MR) is 69.1 cm³/mol. The van der Waals surface area contributed by atoms with Crippen molar-refractivity contribution >= 4 is 11.9 Å². The van der Waals surface area contributed by atoms with Gasteiger partial charge in [0.2, 0.25) is 5.91 Å². The van der Waals surface area contributed by atoms with Gasteiger partial charge in [-0.3, -0.25) is 9.59 Å². The number of hydrogen-bond acceptors (Lipinski definition) is 3. The van der Waals surface area contributed by atoms with Crippen LogP contribution in [0.15, 0.2) is 0 Å². The molecule has 0 bridgehead atoms. The van der Waals surface area contributed by atoms with Crippen LogP contribution in [0.1, 0.15) is 44.9 Å². The third kappa shape index (κ3) is 4.64. The smallest absolute Gasteiger partial charge is 0.303 e. The number of carbonyl (C=O) groups is 2. The Hall–Kier alpha value is -1.10. The van der Waals surface area contributed by atoms with Crippen molar-refractivity contribution in [2.75, 3.05) is 13.6 Å². The standard InChI is InChI=1S/C13H24N2O3/c1-15(9-5-8-12(16)17)13(18)10-6-3-2-4-7-11(10)14/h10-11H,2-9,14H2,1H3,(H,16,17). The van der Waals surface area contributed by atoms with E-state index < -0.39 is 5.97 Å². The Morgan fingerprint density at radius 2 is 1.94 bits per heavy atom. The van der Waals surface area contributed by atoms with E-state index in [1.54, 1.807) is 11.9 Å². The third-order valence-electron chi connectivity index (χ3n) is 3.65. The van der Waals surface area contributed by atoms with Crippen LogP contribution in [0.5, 0.6) is 0 Å². The first-order chi connectivity index (χ1) is 8.52. The molecule has 2 atom stereocenters. The van der Waals surface area contributed by atoms with Crippen molar-refractivity contribution in [3.05, 3.63) is 0 Å². The fraction of sp³-hybridized carbons (Fsp3) is 0.846. The minimum Gasteiger partial charge on any atom is -0.481 e. The summed E-state index contributed by atoms with van der Waals surface area (Å²) in [7, 11) is 1.74. The van der Waals surface area contributed by atoms with Crippen LogP contribution in [0.25, 0.3) is 0 Å². The summed E-state index contributed by atoms with van der Waals surface area (Å²) in [6.07, 6.45) is 5.71. The largest absolute Gasteiger partial charge is 0.481 e. The molecule has 0 spiro atoms. The summed E-state index contributed by atoms with van der Waals surface area (Å²) in [4.78, 5) is 24.3. The zero-order chi connectivity index (χ0) is 13.5. The van der Waals surface area contributed by atoms with Crippen LogP contribution < -0.4 is 5.73 Å². The number of carbonyl (C=O) groups excluding carboxylic acids is 1. The molecule has 5 heteroatoms. The van der Waals surface area contributed by atoms with Crippen LogP contribution >= 0.6 is 0 Å². The molecule has 0 saturated heterocycles. The molecular formula is C13H24N2O3. The molecule has 2 unspecified atom stereocenters. The second-order valence-electron chi connectivity index (χ2n) is 5.17. The maximum absolute atomic E-state index is 12.2. The maximum atomic E-state index is 12.2. The summed E-state index contributed by atoms with van der Waals surface area (Å²) in [6, 6.07) is -0.0399. The van der Waals surface area contributed by atoms with Gasteiger partial charge in [0.25, 0.3) is 0 Å². The molecule has 0 heterocycles. The number of nitrogens with zero attached hydrogens (tertiary/aromatic N) is 1. The lowest BCUT2D eigenvalue weighted by Gasteiger charge is -2.26. The maximum Gasteiger partial charge on any atom is 0.303 e. The van der Waals surface area contributed by atoms with Gasteiger partial charge < -0.3 is 15.7 Å². The van der Waals surface area contributed by atoms with E-state index >= 15 is 0 Å². The van der Waals surface area contributed by atoms with Crippen molar-refractivity contribution in [1.82, 2.24) is 4.90 Å². The van der Waals surface area contributed by atoms with Crippen LogP contribution in [-0.2, 0) is 9.59 Å². The van der Waals surface area contributed by atoms with E-state index in [0.717, 1.165) is 32.1 Å². The molecular weight excluding hydrogens is 232 g/mol. The van der Waals surface area contributed by atoms with Crippen LogP contribution in [0.2, 0.25) is 0 Å². The van der Waals surface area contributed by atoms with Gasteiger partial charge in [-0.2, -0.15) is 0 Å². The summed E-state index contributed by atoms with van der Waals surface area (Å²) in [5.41, 5.74) is 6.05. The lowest BCUT2D eigenvalue weighted by atomic mass is 9.94. The molecule has 1 rings (SSSR count). The van der Waals surface area contributed by atoms with Gasteiger partial charge in [-0.15, -0.1) is 0 Å². The lowest BCUT2D eigenvalue weighted by Crippen LogP contribution is -2.42. The van der Waals surface area contributed by atoms with E-state index in [2.05, 4.69) is 0 Å². The monoisotopic (exact) mass is 256 g/mol. The fourth-order valence-electron chi connectivity index (χ4n) is 2.50. The molecule has 1 fully saturated rings. The van der Waals surface area contributed by atoms with E-state index in [1.165, 1.54) is 0 Å². The van der Waals surface area contributed by atoms with E-state index in [0.29, 0.717) is 13.0 Å². The highest BCUT2D eigenvalue weighted by atomic mass is 16.4. The highest BCUT2D eigenvalue weighted by Crippen LogP contribution is 2.23. The van der Waals surface area contributed by atoms with Gasteiger partial charge in [-0.1, -0.05) is 19.3 Å². The average Bonchev–Trinajstić information content (AvgIpc) is 2.52. The molecule has 104 valence electrons. The molecule has 1 aliphatic rings. The third-order valence-corrected chi connectivity index (χ3v) is 3.65. The highest BCUT2D eigenvalue weighted by molar-refractivity contribution is 5.79. The number of rotatable bonds is 5. The van der Waals surface area contributed by atoms with Crippen LogP contribution in [0, 0.1) is 5.92 Å². The second kappa shape index (κ2) is 7.36. The first-order valence-corrected chi connectivity index (χ1v) is 6.74. The quantitative estimate of drug-likeness (QED) is 0.724. The van der Waals surface area contributed by atoms with E-state index in [9.17, 15) is 9.59 Å². The Labute approximate surface area is 108 Å². The van der Waals surface area contributed by atoms with Crippen molar-refractivity contribution in [2.24, 2.45) is 11.7 Å². The Morgan fingerprint density at radius 1 is 1.28 bits per heavy atom. The summed E-state index contributed by atoms with van der Waals surface area (Å²) < 4.78 is 0. The van der Waals surface area contributed by atoms with E-state index in [1.807, 2.05) is 0 Å². The number of carboxylic acid groups (broad SMARTS) is 1. The first kappa shape index (κ1) is 15.0. The summed E-state index contributed by atoms with van der Waals surface area (Å²) >= 11 is 0. The SMILES string of the molecule is CN(CCCC(=O)O)C(=O)C1CCCCCC1N. The molecule has 1 aliphatic carbocycles. The van der Waals surface area contributed by atoms with Crippen molar-refractivity contribution in [3.63, 3.8) is 0 Å². The Balaban J connectivity index is 2.43. The van der Waals surface area contributed by atoms with Crippen LogP contribution in [-0.4, -0.2) is 41.5 Å². The van der Waals surface area contributed by atoms with Crippen molar-refractivity contribution in [3.8, 4) is 0 Å². The predicted octanol–water partition coefficient (Wildman–Crippen LogP) is 1.22. The number of amides is 1. The second-order valence-corrected chi connectivity index (χ2v) is 5.17. The van der Waals surface area contributed by atoms with Crippen LogP contribution in [0.3, 0.4) is 0 Å². The van der Waals surface area contributed by atoms with Gasteiger partial charge in [0.15, 0.2) is 0 Å². The molecule has 0 aromatic carbocycles. The van der Waals surface area contributed by atoms with Gasteiger partial charge in [0.1, 0.15) is 0 Å². The normalized spacial score (nSPS) is 24.3. The number of aliphatic carboxylic acids is 1. The van der Waals surface area contributed by atoms with Crippen LogP contribution in [0.4, 0.5) is 0 Å². The van der Waals surface area contributed by atoms with Crippen molar-refractivity contribution in [1.29, 1.82) is 0 Å². The van der Waals surface area contributed by atoms with Gasteiger partial charge in [-0.05, 0) is 19.3 Å². The minimum absolute atomic E-state index is 0.0399. The zero-order valence-electron chi connectivity index (χ0n) is 11.1. The molecule has 18 heavy (non-hydrogen) atoms. The Bertz CT molecular complexity index is 294. The Morgan fingerprint density at radius 3 is 2.61 bits per heavy atom. The topological polar surface area (TPSA) is 83.6 Å². The number of hydrogen-bond donors (Lipinski definition) is 2. The summed E-state index contributed by atoms with van der Waals surface area (Å²) in [6.45, 7) is 0.494. The number of nitrogens with two attached hydrogens (primary N) is 1. The van der Waals surface area contributed by atoms with E-state index in [4.69, 9.17) is 10.8 Å². The zero-order valence-corrected chi connectivity index (χ0v) is 11.1. The highest BCUT2D eigenvalue weighted by Gasteiger charge is 2.28. The van der Waals surface area contributed by atoms with Gasteiger partial charge >= 0.3 is 5.97 Å². The average molecular weight is 256 g/mol. The molecule has 3 N–H and O–H groups in total. The summed E-state index contributed by atoms with van der Waals surface area (Å²) in [5, 5.41) is 8.57. The lowest BCUT2D eigenvalue weighted by molar-refractivity contribution is -0.139.